The molecule has 0 radical (unpaired) electrons. The molecular weight excluding hydrogens is 382 g/mol. The summed E-state index contributed by atoms with van der Waals surface area (Å²) in [6.07, 6.45) is 18.0. The van der Waals surface area contributed by atoms with Crippen molar-refractivity contribution in [2.24, 2.45) is 23.2 Å². The minimum absolute atomic E-state index is 0.363. The Kier molecular flexibility index (Phi) is 7.68. The molecule has 4 aliphatic carbocycles. The van der Waals surface area contributed by atoms with Crippen LogP contribution < -0.4 is 0 Å². The SMILES string of the molecule is CCCCCN(CCC12CC3CC(CC(C3)C1)C2)C(=O)CCN(C)Cc1ccncc1. The molecule has 172 valence electrons. The fourth-order valence-corrected chi connectivity index (χ4v) is 7.21. The highest BCUT2D eigenvalue weighted by molar-refractivity contribution is 5.76. The topological polar surface area (TPSA) is 36.4 Å². The van der Waals surface area contributed by atoms with Gasteiger partial charge in [0.2, 0.25) is 5.91 Å². The van der Waals surface area contributed by atoms with Crippen LogP contribution in [0.2, 0.25) is 0 Å². The lowest BCUT2D eigenvalue weighted by Gasteiger charge is -2.57. The average molecular weight is 426 g/mol. The Bertz CT molecular complexity index is 668. The van der Waals surface area contributed by atoms with E-state index >= 15 is 0 Å². The van der Waals surface area contributed by atoms with Gasteiger partial charge in [-0.1, -0.05) is 19.8 Å². The molecule has 5 rings (SSSR count). The first-order valence-corrected chi connectivity index (χ1v) is 12.9. The number of hydrogen-bond acceptors (Lipinski definition) is 3. The van der Waals surface area contributed by atoms with Gasteiger partial charge in [0.1, 0.15) is 0 Å². The van der Waals surface area contributed by atoms with Crippen LogP contribution in [0.4, 0.5) is 0 Å². The van der Waals surface area contributed by atoms with Gasteiger partial charge >= 0.3 is 0 Å². The van der Waals surface area contributed by atoms with E-state index < -0.39 is 0 Å². The summed E-state index contributed by atoms with van der Waals surface area (Å²) >= 11 is 0. The third kappa shape index (κ3) is 6.09. The number of carbonyl (C=O) groups excluding carboxylic acids is 1. The zero-order chi connectivity index (χ0) is 21.7. The van der Waals surface area contributed by atoms with Crippen LogP contribution in [0.25, 0.3) is 0 Å². The summed E-state index contributed by atoms with van der Waals surface area (Å²) in [5.41, 5.74) is 1.82. The van der Waals surface area contributed by atoms with Crippen LogP contribution in [0.5, 0.6) is 0 Å². The van der Waals surface area contributed by atoms with E-state index in [1.54, 1.807) is 0 Å². The smallest absolute Gasteiger partial charge is 0.223 e. The average Bonchev–Trinajstić information content (AvgIpc) is 2.74. The molecule has 0 spiro atoms. The van der Waals surface area contributed by atoms with Gasteiger partial charge in [0, 0.05) is 45.0 Å². The van der Waals surface area contributed by atoms with Gasteiger partial charge in [0.05, 0.1) is 0 Å². The first-order chi connectivity index (χ1) is 15.0. The molecule has 0 aliphatic heterocycles. The Balaban J connectivity index is 1.28. The van der Waals surface area contributed by atoms with Crippen LogP contribution in [-0.2, 0) is 11.3 Å². The van der Waals surface area contributed by atoms with Crippen molar-refractivity contribution in [3.05, 3.63) is 30.1 Å². The van der Waals surface area contributed by atoms with Gasteiger partial charge in [-0.2, -0.15) is 0 Å². The molecule has 1 amide bonds. The molecule has 0 atom stereocenters. The minimum Gasteiger partial charge on any atom is -0.343 e. The van der Waals surface area contributed by atoms with Crippen LogP contribution in [0.1, 0.15) is 83.1 Å². The van der Waals surface area contributed by atoms with Crippen LogP contribution >= 0.6 is 0 Å². The molecule has 4 aliphatic rings. The van der Waals surface area contributed by atoms with Crippen LogP contribution in [0, 0.1) is 23.2 Å². The van der Waals surface area contributed by atoms with E-state index in [1.807, 2.05) is 12.4 Å². The molecule has 4 nitrogen and oxygen atoms in total. The molecule has 0 aromatic carbocycles. The van der Waals surface area contributed by atoms with Crippen molar-refractivity contribution in [3.8, 4) is 0 Å². The Morgan fingerprint density at radius 3 is 2.26 bits per heavy atom. The minimum atomic E-state index is 0.363. The molecule has 4 fully saturated rings. The second-order valence-corrected chi connectivity index (χ2v) is 11.1. The molecule has 0 unspecified atom stereocenters. The van der Waals surface area contributed by atoms with Crippen LogP contribution in [0.3, 0.4) is 0 Å². The van der Waals surface area contributed by atoms with Crippen molar-refractivity contribution < 1.29 is 4.79 Å². The number of hydrogen-bond donors (Lipinski definition) is 0. The number of pyridine rings is 1. The first kappa shape index (κ1) is 22.8. The second kappa shape index (κ2) is 10.5. The predicted molar refractivity (Wildman–Crippen MR) is 127 cm³/mol. The summed E-state index contributed by atoms with van der Waals surface area (Å²) in [7, 11) is 2.12. The van der Waals surface area contributed by atoms with Crippen molar-refractivity contribution in [1.82, 2.24) is 14.8 Å². The van der Waals surface area contributed by atoms with Gasteiger partial charge in [-0.3, -0.25) is 9.78 Å². The van der Waals surface area contributed by atoms with E-state index in [9.17, 15) is 4.79 Å². The summed E-state index contributed by atoms with van der Waals surface area (Å²) in [5.74, 6) is 3.36. The van der Waals surface area contributed by atoms with E-state index in [2.05, 4.69) is 40.9 Å². The predicted octanol–water partition coefficient (Wildman–Crippen LogP) is 5.53. The van der Waals surface area contributed by atoms with Crippen molar-refractivity contribution in [2.45, 2.75) is 84.1 Å². The molecule has 1 heterocycles. The van der Waals surface area contributed by atoms with Gasteiger partial charge in [-0.05, 0) is 99.3 Å². The van der Waals surface area contributed by atoms with Crippen LogP contribution in [-0.4, -0.2) is 47.4 Å². The largest absolute Gasteiger partial charge is 0.343 e. The Hall–Kier alpha value is -1.42. The van der Waals surface area contributed by atoms with E-state index in [-0.39, 0.29) is 0 Å². The van der Waals surface area contributed by atoms with Gasteiger partial charge in [-0.25, -0.2) is 0 Å². The third-order valence-electron chi connectivity index (χ3n) is 8.37. The maximum atomic E-state index is 13.2. The fraction of sp³-hybridized carbons (Fsp3) is 0.778. The number of carbonyl (C=O) groups is 1. The number of unbranched alkanes of at least 4 members (excludes halogenated alkanes) is 2. The lowest BCUT2D eigenvalue weighted by Crippen LogP contribution is -2.47. The van der Waals surface area contributed by atoms with Gasteiger partial charge in [-0.15, -0.1) is 0 Å². The lowest BCUT2D eigenvalue weighted by atomic mass is 9.49. The molecule has 4 bridgehead atoms. The zero-order valence-electron chi connectivity index (χ0n) is 19.9. The number of amides is 1. The summed E-state index contributed by atoms with van der Waals surface area (Å²) in [4.78, 5) is 21.8. The molecule has 4 heteroatoms. The Morgan fingerprint density at radius 2 is 1.65 bits per heavy atom. The monoisotopic (exact) mass is 425 g/mol. The Labute approximate surface area is 189 Å². The second-order valence-electron chi connectivity index (χ2n) is 11.1. The van der Waals surface area contributed by atoms with Crippen LogP contribution in [0.15, 0.2) is 24.5 Å². The normalized spacial score (nSPS) is 28.9. The Morgan fingerprint density at radius 1 is 1.00 bits per heavy atom. The highest BCUT2D eigenvalue weighted by Gasteiger charge is 2.50. The molecular formula is C27H43N3O. The molecule has 31 heavy (non-hydrogen) atoms. The molecule has 0 N–H and O–H groups in total. The fourth-order valence-electron chi connectivity index (χ4n) is 7.21. The quantitative estimate of drug-likeness (QED) is 0.413. The van der Waals surface area contributed by atoms with E-state index in [0.29, 0.717) is 17.7 Å². The number of rotatable bonds is 12. The van der Waals surface area contributed by atoms with E-state index in [4.69, 9.17) is 0 Å². The summed E-state index contributed by atoms with van der Waals surface area (Å²) in [6, 6.07) is 4.11. The lowest BCUT2D eigenvalue weighted by molar-refractivity contribution is -0.133. The third-order valence-corrected chi connectivity index (χ3v) is 8.37. The van der Waals surface area contributed by atoms with E-state index in [0.717, 1.165) is 50.4 Å². The van der Waals surface area contributed by atoms with Crippen molar-refractivity contribution in [3.63, 3.8) is 0 Å². The first-order valence-electron chi connectivity index (χ1n) is 12.9. The zero-order valence-corrected chi connectivity index (χ0v) is 19.9. The highest BCUT2D eigenvalue weighted by atomic mass is 16.2. The van der Waals surface area contributed by atoms with Gasteiger partial charge in [0.25, 0.3) is 0 Å². The van der Waals surface area contributed by atoms with Gasteiger partial charge < -0.3 is 9.80 Å². The highest BCUT2D eigenvalue weighted by Crippen LogP contribution is 2.61. The van der Waals surface area contributed by atoms with Crippen molar-refractivity contribution >= 4 is 5.91 Å². The molecule has 4 saturated carbocycles. The summed E-state index contributed by atoms with van der Waals surface area (Å²) in [5, 5.41) is 0. The van der Waals surface area contributed by atoms with Crippen molar-refractivity contribution in [1.29, 1.82) is 0 Å². The number of nitrogens with zero attached hydrogens (tertiary/aromatic N) is 3. The standard InChI is InChI=1S/C27H43N3O/c1-3-4-5-12-30(26(31)8-13-29(2)21-22-6-10-28-11-7-22)14-9-27-18-23-15-24(19-27)17-25(16-23)20-27/h6-7,10-11,23-25H,3-5,8-9,12-21H2,1-2H3. The maximum Gasteiger partial charge on any atom is 0.223 e. The number of aromatic nitrogens is 1. The van der Waals surface area contributed by atoms with E-state index in [1.165, 1.54) is 63.4 Å². The summed E-state index contributed by atoms with van der Waals surface area (Å²) < 4.78 is 0. The molecule has 0 saturated heterocycles. The molecule has 1 aromatic heterocycles. The maximum absolute atomic E-state index is 13.2. The molecule has 1 aromatic rings. The van der Waals surface area contributed by atoms with Gasteiger partial charge in [0.15, 0.2) is 0 Å². The van der Waals surface area contributed by atoms with Crippen molar-refractivity contribution in [2.75, 3.05) is 26.7 Å². The summed E-state index contributed by atoms with van der Waals surface area (Å²) in [6.45, 7) is 5.88.